The molecule has 0 aliphatic rings. The van der Waals surface area contributed by atoms with E-state index in [1.807, 2.05) is 0 Å². The molecule has 0 fully saturated rings. The molecule has 18 heteroatoms. The highest BCUT2D eigenvalue weighted by atomic mass is 19.4. The van der Waals surface area contributed by atoms with Crippen LogP contribution in [0.5, 0.6) is 0 Å². The van der Waals surface area contributed by atoms with E-state index in [-0.39, 0.29) is 117 Å². The van der Waals surface area contributed by atoms with Crippen LogP contribution in [0.15, 0.2) is 182 Å². The van der Waals surface area contributed by atoms with Crippen molar-refractivity contribution in [2.24, 2.45) is 0 Å². The summed E-state index contributed by atoms with van der Waals surface area (Å²) in [4.78, 5) is 0. The number of nitriles is 1. The fourth-order valence-corrected chi connectivity index (χ4v) is 11.9. The van der Waals surface area contributed by atoms with Crippen LogP contribution in [0.4, 0.5) is 65.9 Å². The Labute approximate surface area is 491 Å². The van der Waals surface area contributed by atoms with Gasteiger partial charge in [-0.2, -0.15) is 71.1 Å². The molecular formula is C70H42F15N3. The quantitative estimate of drug-likeness (QED) is 0.146. The lowest BCUT2D eigenvalue weighted by atomic mass is 9.95. The molecule has 0 N–H and O–H groups in total. The van der Waals surface area contributed by atoms with Crippen LogP contribution in [0.1, 0.15) is 55.6 Å². The first-order valence-electron chi connectivity index (χ1n) is 27.0. The average molecular weight is 1210 g/mol. The lowest BCUT2D eigenvalue weighted by molar-refractivity contribution is -0.138. The first-order chi connectivity index (χ1) is 41.3. The third-order valence-corrected chi connectivity index (χ3v) is 15.7. The van der Waals surface area contributed by atoms with Crippen molar-refractivity contribution in [3.8, 4) is 73.1 Å². The fraction of sp³-hybridized carbons (Fsp3) is 0.129. The number of aryl methyl sites for hydroxylation is 4. The van der Waals surface area contributed by atoms with E-state index in [0.29, 0.717) is 21.5 Å². The number of fused-ring (bicyclic) bond motifs is 6. The number of hydrogen-bond acceptors (Lipinski definition) is 1. The molecule has 0 bridgehead atoms. The predicted octanol–water partition coefficient (Wildman–Crippen LogP) is 22.4. The van der Waals surface area contributed by atoms with Gasteiger partial charge in [-0.3, -0.25) is 0 Å². The SMILES string of the molecule is Cc1cc(-c2ccc3c4ccc(-c5cc(C)cc(C(F)(F)F)c5)cc4n(-c4cc(C(F)(F)F)cc(-n5c6cc(-c7cc(C)cc(C(F)(F)F)c7)ccc6c6ccc(-c7cc(C)cc(C(F)(F)F)c7)cc65)c4-c4cccc(C#N)c4)c3c2)cc(C(F)(F)F)c1. The predicted molar refractivity (Wildman–Crippen MR) is 311 cm³/mol. The molecule has 0 aliphatic heterocycles. The smallest absolute Gasteiger partial charge is 0.308 e. The molecule has 0 spiro atoms. The van der Waals surface area contributed by atoms with Crippen LogP contribution >= 0.6 is 0 Å². The van der Waals surface area contributed by atoms with Crippen molar-refractivity contribution < 1.29 is 65.9 Å². The van der Waals surface area contributed by atoms with Gasteiger partial charge in [0.05, 0.1) is 72.9 Å². The normalized spacial score (nSPS) is 12.7. The molecule has 3 nitrogen and oxygen atoms in total. The summed E-state index contributed by atoms with van der Waals surface area (Å²) in [6.45, 7) is 5.83. The number of alkyl halides is 15. The monoisotopic (exact) mass is 1210 g/mol. The van der Waals surface area contributed by atoms with Crippen molar-refractivity contribution in [3.05, 3.63) is 238 Å². The third-order valence-electron chi connectivity index (χ3n) is 15.7. The maximum absolute atomic E-state index is 16.3. The Kier molecular flexibility index (Phi) is 13.8. The van der Waals surface area contributed by atoms with E-state index < -0.39 is 58.7 Å². The van der Waals surface area contributed by atoms with Crippen molar-refractivity contribution in [3.63, 3.8) is 0 Å². The summed E-state index contributed by atoms with van der Waals surface area (Å²) in [6.07, 6.45) is -24.4. The summed E-state index contributed by atoms with van der Waals surface area (Å²) in [7, 11) is 0. The van der Waals surface area contributed by atoms with Gasteiger partial charge in [0.2, 0.25) is 0 Å². The minimum atomic E-state index is -5.23. The van der Waals surface area contributed by atoms with Gasteiger partial charge in [0.25, 0.3) is 0 Å². The van der Waals surface area contributed by atoms with Gasteiger partial charge in [-0.1, -0.05) is 84.9 Å². The van der Waals surface area contributed by atoms with Gasteiger partial charge >= 0.3 is 30.9 Å². The molecule has 0 unspecified atom stereocenters. The van der Waals surface area contributed by atoms with Crippen molar-refractivity contribution in [1.29, 1.82) is 5.26 Å². The number of halogens is 15. The van der Waals surface area contributed by atoms with E-state index in [9.17, 15) is 57.9 Å². The van der Waals surface area contributed by atoms with E-state index in [1.54, 1.807) is 24.3 Å². The first kappa shape index (κ1) is 58.6. The summed E-state index contributed by atoms with van der Waals surface area (Å²) in [5, 5.41) is 11.8. The van der Waals surface area contributed by atoms with Gasteiger partial charge in [-0.15, -0.1) is 0 Å². The maximum Gasteiger partial charge on any atom is 0.416 e. The molecular weight excluding hydrogens is 1170 g/mol. The Morgan fingerprint density at radius 1 is 0.284 bits per heavy atom. The molecule has 0 amide bonds. The van der Waals surface area contributed by atoms with Gasteiger partial charge in [0.15, 0.2) is 0 Å². The lowest BCUT2D eigenvalue weighted by Gasteiger charge is -2.23. The Morgan fingerprint density at radius 2 is 0.557 bits per heavy atom. The highest BCUT2D eigenvalue weighted by molar-refractivity contribution is 6.14. The third kappa shape index (κ3) is 10.8. The van der Waals surface area contributed by atoms with E-state index in [4.69, 9.17) is 0 Å². The lowest BCUT2D eigenvalue weighted by Crippen LogP contribution is -2.11. The zero-order valence-corrected chi connectivity index (χ0v) is 46.3. The van der Waals surface area contributed by atoms with Gasteiger partial charge in [-0.05, 0) is 197 Å². The second kappa shape index (κ2) is 20.7. The van der Waals surface area contributed by atoms with Gasteiger partial charge in [0.1, 0.15) is 0 Å². The Hall–Kier alpha value is -9.76. The van der Waals surface area contributed by atoms with E-state index in [0.717, 1.165) is 60.7 Å². The zero-order chi connectivity index (χ0) is 62.9. The van der Waals surface area contributed by atoms with Crippen molar-refractivity contribution >= 4 is 43.6 Å². The van der Waals surface area contributed by atoms with Crippen molar-refractivity contribution in [2.75, 3.05) is 0 Å². The zero-order valence-electron chi connectivity index (χ0n) is 46.3. The molecule has 0 radical (unpaired) electrons. The Bertz CT molecular complexity index is 4390. The standard InChI is InChI=1S/C70H42F15N3/c1-36-16-46(25-50(20-36)66(71,72)73)41-8-12-55-56-13-9-42(47-17-37(2)21-51(26-47)67(74,75)76)30-60(56)87(59(55)29-41)63-33-54(70(83,84)85)34-64(65(63)45-7-5-6-40(24-45)35-86)88-61-31-43(48-18-38(3)22-52(27-48)68(77,78)79)10-14-57(61)58-15-11-44(32-62(58)88)49-19-39(4)23-53(28-49)69(80,81)82/h5-34H,1-4H3. The second-order valence-electron chi connectivity index (χ2n) is 22.0. The molecule has 2 aromatic heterocycles. The molecule has 10 aromatic carbocycles. The highest BCUT2D eigenvalue weighted by Crippen LogP contribution is 2.49. The van der Waals surface area contributed by atoms with Crippen molar-refractivity contribution in [2.45, 2.75) is 58.6 Å². The maximum atomic E-state index is 16.3. The van der Waals surface area contributed by atoms with E-state index >= 15 is 13.2 Å². The van der Waals surface area contributed by atoms with E-state index in [2.05, 4.69) is 6.07 Å². The van der Waals surface area contributed by atoms with Crippen LogP contribution in [-0.2, 0) is 30.9 Å². The minimum Gasteiger partial charge on any atom is -0.308 e. The highest BCUT2D eigenvalue weighted by Gasteiger charge is 2.37. The second-order valence-corrected chi connectivity index (χ2v) is 22.0. The van der Waals surface area contributed by atoms with Crippen LogP contribution in [0.2, 0.25) is 0 Å². The molecule has 0 saturated heterocycles. The molecule has 0 aliphatic carbocycles. The van der Waals surface area contributed by atoms with E-state index in [1.165, 1.54) is 134 Å². The number of rotatable bonds is 7. The Morgan fingerprint density at radius 3 is 0.818 bits per heavy atom. The van der Waals surface area contributed by atoms with Crippen LogP contribution in [0.25, 0.3) is 111 Å². The van der Waals surface area contributed by atoms with Gasteiger partial charge in [-0.25, -0.2) is 0 Å². The molecule has 0 atom stereocenters. The number of nitrogens with zero attached hydrogens (tertiary/aromatic N) is 3. The number of hydrogen-bond donors (Lipinski definition) is 0. The summed E-state index contributed by atoms with van der Waals surface area (Å²) >= 11 is 0. The van der Waals surface area contributed by atoms with Gasteiger partial charge < -0.3 is 9.13 Å². The molecule has 2 heterocycles. The van der Waals surface area contributed by atoms with Crippen LogP contribution in [-0.4, -0.2) is 9.13 Å². The van der Waals surface area contributed by atoms with Crippen molar-refractivity contribution in [1.82, 2.24) is 9.13 Å². The van der Waals surface area contributed by atoms with Crippen LogP contribution in [0.3, 0.4) is 0 Å². The molecule has 88 heavy (non-hydrogen) atoms. The molecule has 12 aromatic rings. The largest absolute Gasteiger partial charge is 0.416 e. The summed E-state index contributed by atoms with van der Waals surface area (Å²) in [6, 6.07) is 41.3. The topological polar surface area (TPSA) is 33.6 Å². The van der Waals surface area contributed by atoms with Gasteiger partial charge in [0, 0.05) is 27.1 Å². The summed E-state index contributed by atoms with van der Waals surface area (Å²) in [5.74, 6) is 0. The fourth-order valence-electron chi connectivity index (χ4n) is 11.9. The summed E-state index contributed by atoms with van der Waals surface area (Å²) in [5.41, 5.74) is -3.45. The van der Waals surface area contributed by atoms with Crippen LogP contribution in [0, 0.1) is 39.0 Å². The first-order valence-corrected chi connectivity index (χ1v) is 27.0. The van der Waals surface area contributed by atoms with Crippen LogP contribution < -0.4 is 0 Å². The molecule has 0 saturated carbocycles. The molecule has 442 valence electrons. The average Bonchev–Trinajstić information content (AvgIpc) is 1.52. The minimum absolute atomic E-state index is 0.0209. The number of aromatic nitrogens is 2. The number of benzene rings is 10. The Balaban J connectivity index is 1.27. The molecule has 12 rings (SSSR count). The summed E-state index contributed by atoms with van der Waals surface area (Å²) < 4.78 is 226.